The summed E-state index contributed by atoms with van der Waals surface area (Å²) in [5.41, 5.74) is -0.184. The molecular formula is C12H7BrClF3N2O. The first kappa shape index (κ1) is 15.1. The summed E-state index contributed by atoms with van der Waals surface area (Å²) < 4.78 is 43.7. The van der Waals surface area contributed by atoms with Crippen molar-refractivity contribution in [1.82, 2.24) is 9.97 Å². The second kappa shape index (κ2) is 5.57. The Bertz CT molecular complexity index is 649. The Balaban J connectivity index is 2.36. The third-order valence-corrected chi connectivity index (χ3v) is 3.06. The minimum absolute atomic E-state index is 0.276. The van der Waals surface area contributed by atoms with Gasteiger partial charge in [-0.3, -0.25) is 0 Å². The molecule has 2 aromatic rings. The molecule has 0 saturated carbocycles. The van der Waals surface area contributed by atoms with Crippen LogP contribution in [0.15, 0.2) is 28.7 Å². The number of halogens is 5. The molecule has 0 aliphatic rings. The quantitative estimate of drug-likeness (QED) is 0.700. The summed E-state index contributed by atoms with van der Waals surface area (Å²) in [4.78, 5) is 6.74. The molecule has 0 amide bonds. The van der Waals surface area contributed by atoms with Crippen LogP contribution in [0.1, 0.15) is 11.3 Å². The van der Waals surface area contributed by atoms with Gasteiger partial charge in [0, 0.05) is 6.07 Å². The zero-order chi connectivity index (χ0) is 14.9. The molecule has 1 heterocycles. The SMILES string of the molecule is Cc1ccc(Oc2cc(C(F)(F)F)nc(Cl)n2)c(Br)c1. The highest BCUT2D eigenvalue weighted by Gasteiger charge is 2.34. The van der Waals surface area contributed by atoms with Crippen LogP contribution in [0.3, 0.4) is 0 Å². The predicted octanol–water partition coefficient (Wildman–Crippen LogP) is 5.01. The number of hydrogen-bond acceptors (Lipinski definition) is 3. The minimum Gasteiger partial charge on any atom is -0.438 e. The van der Waals surface area contributed by atoms with Crippen molar-refractivity contribution in [2.45, 2.75) is 13.1 Å². The molecule has 3 nitrogen and oxygen atoms in total. The zero-order valence-electron chi connectivity index (χ0n) is 10.0. The van der Waals surface area contributed by atoms with Gasteiger partial charge in [0.05, 0.1) is 4.47 Å². The molecule has 0 spiro atoms. The van der Waals surface area contributed by atoms with Gasteiger partial charge in [0.1, 0.15) is 5.75 Å². The monoisotopic (exact) mass is 366 g/mol. The third kappa shape index (κ3) is 3.61. The molecule has 1 aromatic heterocycles. The average Bonchev–Trinajstić information content (AvgIpc) is 2.31. The summed E-state index contributed by atoms with van der Waals surface area (Å²) in [5.74, 6) is 0.0559. The molecule has 1 aromatic carbocycles. The summed E-state index contributed by atoms with van der Waals surface area (Å²) in [6, 6.07) is 5.83. The number of hydrogen-bond donors (Lipinski definition) is 0. The van der Waals surface area contributed by atoms with E-state index < -0.39 is 17.2 Å². The normalized spacial score (nSPS) is 11.5. The summed E-state index contributed by atoms with van der Waals surface area (Å²) >= 11 is 8.73. The minimum atomic E-state index is -4.62. The maximum Gasteiger partial charge on any atom is 0.433 e. The van der Waals surface area contributed by atoms with Gasteiger partial charge in [-0.2, -0.15) is 18.2 Å². The second-order valence-corrected chi connectivity index (χ2v) is 5.09. The number of ether oxygens (including phenoxy) is 1. The van der Waals surface area contributed by atoms with Crippen LogP contribution in [0.25, 0.3) is 0 Å². The van der Waals surface area contributed by atoms with Crippen LogP contribution >= 0.6 is 27.5 Å². The van der Waals surface area contributed by atoms with E-state index in [-0.39, 0.29) is 5.88 Å². The lowest BCUT2D eigenvalue weighted by Crippen LogP contribution is -2.09. The van der Waals surface area contributed by atoms with Gasteiger partial charge in [-0.25, -0.2) is 4.98 Å². The second-order valence-electron chi connectivity index (χ2n) is 3.89. The van der Waals surface area contributed by atoms with E-state index in [9.17, 15) is 13.2 Å². The number of nitrogens with zero attached hydrogens (tertiary/aromatic N) is 2. The van der Waals surface area contributed by atoms with E-state index in [1.165, 1.54) is 0 Å². The van der Waals surface area contributed by atoms with Gasteiger partial charge in [-0.15, -0.1) is 0 Å². The summed E-state index contributed by atoms with van der Waals surface area (Å²) in [6.07, 6.45) is -4.62. The lowest BCUT2D eigenvalue weighted by molar-refractivity contribution is -0.141. The number of aromatic nitrogens is 2. The van der Waals surface area contributed by atoms with Crippen molar-refractivity contribution in [3.63, 3.8) is 0 Å². The fourth-order valence-electron chi connectivity index (χ4n) is 1.40. The van der Waals surface area contributed by atoms with Gasteiger partial charge in [0.15, 0.2) is 5.69 Å². The number of rotatable bonds is 2. The molecule has 0 bridgehead atoms. The van der Waals surface area contributed by atoms with Crippen LogP contribution in [-0.4, -0.2) is 9.97 Å². The zero-order valence-corrected chi connectivity index (χ0v) is 12.3. The highest BCUT2D eigenvalue weighted by atomic mass is 79.9. The third-order valence-electron chi connectivity index (χ3n) is 2.27. The van der Waals surface area contributed by atoms with Crippen molar-refractivity contribution in [3.05, 3.63) is 45.3 Å². The average molecular weight is 368 g/mol. The Hall–Kier alpha value is -1.34. The van der Waals surface area contributed by atoms with Gasteiger partial charge in [-0.1, -0.05) is 6.07 Å². The Morgan fingerprint density at radius 3 is 2.50 bits per heavy atom. The standard InChI is InChI=1S/C12H7BrClF3N2O/c1-6-2-3-8(7(13)4-6)20-10-5-9(12(15,16)17)18-11(14)19-10/h2-5H,1H3. The van der Waals surface area contributed by atoms with Crippen LogP contribution < -0.4 is 4.74 Å². The lowest BCUT2D eigenvalue weighted by Gasteiger charge is -2.10. The van der Waals surface area contributed by atoms with E-state index in [4.69, 9.17) is 16.3 Å². The molecule has 0 atom stereocenters. The molecule has 0 N–H and O–H groups in total. The number of benzene rings is 1. The molecule has 0 aliphatic carbocycles. The smallest absolute Gasteiger partial charge is 0.433 e. The van der Waals surface area contributed by atoms with Crippen molar-refractivity contribution in [2.24, 2.45) is 0 Å². The van der Waals surface area contributed by atoms with E-state index in [1.54, 1.807) is 18.2 Å². The number of alkyl halides is 3. The van der Waals surface area contributed by atoms with E-state index in [0.717, 1.165) is 5.56 Å². The van der Waals surface area contributed by atoms with E-state index in [2.05, 4.69) is 25.9 Å². The first-order valence-electron chi connectivity index (χ1n) is 5.31. The van der Waals surface area contributed by atoms with Crippen molar-refractivity contribution in [1.29, 1.82) is 0 Å². The Labute approximate surface area is 125 Å². The first-order valence-corrected chi connectivity index (χ1v) is 6.48. The summed E-state index contributed by atoms with van der Waals surface area (Å²) in [6.45, 7) is 1.87. The molecule has 0 saturated heterocycles. The highest BCUT2D eigenvalue weighted by Crippen LogP contribution is 2.33. The van der Waals surface area contributed by atoms with Gasteiger partial charge >= 0.3 is 6.18 Å². The van der Waals surface area contributed by atoms with Gasteiger partial charge in [0.25, 0.3) is 0 Å². The fraction of sp³-hybridized carbons (Fsp3) is 0.167. The van der Waals surface area contributed by atoms with Crippen LogP contribution in [0.2, 0.25) is 5.28 Å². The maximum atomic E-state index is 12.6. The Kier molecular flexibility index (Phi) is 4.19. The molecular weight excluding hydrogens is 360 g/mol. The van der Waals surface area contributed by atoms with Crippen LogP contribution in [0.4, 0.5) is 13.2 Å². The van der Waals surface area contributed by atoms with Crippen molar-refractivity contribution < 1.29 is 17.9 Å². The molecule has 8 heteroatoms. The number of aryl methyl sites for hydroxylation is 1. The van der Waals surface area contributed by atoms with E-state index in [1.807, 2.05) is 6.92 Å². The van der Waals surface area contributed by atoms with Crippen molar-refractivity contribution in [3.8, 4) is 11.6 Å². The summed E-state index contributed by atoms with van der Waals surface area (Å²) in [7, 11) is 0. The molecule has 0 fully saturated rings. The van der Waals surface area contributed by atoms with Crippen LogP contribution in [-0.2, 0) is 6.18 Å². The van der Waals surface area contributed by atoms with Crippen molar-refractivity contribution >= 4 is 27.5 Å². The van der Waals surface area contributed by atoms with Gasteiger partial charge < -0.3 is 4.74 Å². The molecule has 0 radical (unpaired) electrons. The molecule has 2 rings (SSSR count). The largest absolute Gasteiger partial charge is 0.438 e. The van der Waals surface area contributed by atoms with Gasteiger partial charge in [0.2, 0.25) is 11.2 Å². The Morgan fingerprint density at radius 1 is 1.20 bits per heavy atom. The molecule has 106 valence electrons. The van der Waals surface area contributed by atoms with Crippen LogP contribution in [0.5, 0.6) is 11.6 Å². The fourth-order valence-corrected chi connectivity index (χ4v) is 2.14. The highest BCUT2D eigenvalue weighted by molar-refractivity contribution is 9.10. The van der Waals surface area contributed by atoms with Gasteiger partial charge in [-0.05, 0) is 52.2 Å². The lowest BCUT2D eigenvalue weighted by atomic mass is 10.2. The summed E-state index contributed by atoms with van der Waals surface area (Å²) in [5, 5.41) is -0.530. The Morgan fingerprint density at radius 2 is 1.90 bits per heavy atom. The van der Waals surface area contributed by atoms with E-state index in [0.29, 0.717) is 16.3 Å². The molecule has 0 aliphatic heterocycles. The van der Waals surface area contributed by atoms with Crippen LogP contribution in [0, 0.1) is 6.92 Å². The predicted molar refractivity (Wildman–Crippen MR) is 71.0 cm³/mol. The molecule has 20 heavy (non-hydrogen) atoms. The maximum absolute atomic E-state index is 12.6. The first-order chi connectivity index (χ1) is 9.25. The van der Waals surface area contributed by atoms with E-state index >= 15 is 0 Å². The molecule has 0 unspecified atom stereocenters. The van der Waals surface area contributed by atoms with Crippen molar-refractivity contribution in [2.75, 3.05) is 0 Å². The topological polar surface area (TPSA) is 35.0 Å².